The number of ether oxygens (including phenoxy) is 1. The van der Waals surface area contributed by atoms with Gasteiger partial charge >= 0.3 is 0 Å². The van der Waals surface area contributed by atoms with Crippen molar-refractivity contribution in [1.82, 2.24) is 20.6 Å². The Morgan fingerprint density at radius 1 is 1.39 bits per heavy atom. The lowest BCUT2D eigenvalue weighted by molar-refractivity contribution is 0.0782. The summed E-state index contributed by atoms with van der Waals surface area (Å²) in [5, 5.41) is 7.28. The molecule has 2 aromatic heterocycles. The predicted molar refractivity (Wildman–Crippen MR) is 87.3 cm³/mol. The zero-order chi connectivity index (χ0) is 15.7. The molecule has 23 heavy (non-hydrogen) atoms. The Morgan fingerprint density at radius 2 is 2.26 bits per heavy atom. The topological polar surface area (TPSA) is 79.0 Å². The van der Waals surface area contributed by atoms with Crippen molar-refractivity contribution < 1.29 is 9.53 Å². The van der Waals surface area contributed by atoms with Crippen molar-refractivity contribution in [3.8, 4) is 0 Å². The van der Waals surface area contributed by atoms with Gasteiger partial charge in [0.05, 0.1) is 18.3 Å². The van der Waals surface area contributed by atoms with Crippen LogP contribution in [0.4, 0.5) is 0 Å². The average molecular weight is 314 g/mol. The minimum Gasteiger partial charge on any atom is -0.376 e. The minimum atomic E-state index is -0.0631. The van der Waals surface area contributed by atoms with E-state index < -0.39 is 0 Å². The van der Waals surface area contributed by atoms with Gasteiger partial charge in [-0.2, -0.15) is 0 Å². The van der Waals surface area contributed by atoms with Gasteiger partial charge in [0.25, 0.3) is 5.91 Å². The van der Waals surface area contributed by atoms with Gasteiger partial charge in [-0.25, -0.2) is 4.98 Å². The molecule has 0 bridgehead atoms. The number of aromatic amines is 1. The molecule has 2 fully saturated rings. The Kier molecular flexibility index (Phi) is 3.79. The number of rotatable bonds is 3. The number of amides is 1. The van der Waals surface area contributed by atoms with Crippen molar-refractivity contribution in [2.24, 2.45) is 5.41 Å². The maximum absolute atomic E-state index is 12.5. The van der Waals surface area contributed by atoms with E-state index in [1.165, 1.54) is 12.8 Å². The first-order chi connectivity index (χ1) is 11.3. The van der Waals surface area contributed by atoms with Crippen LogP contribution in [-0.4, -0.2) is 48.2 Å². The number of hydrogen-bond acceptors (Lipinski definition) is 4. The maximum atomic E-state index is 12.5. The van der Waals surface area contributed by atoms with E-state index in [2.05, 4.69) is 20.6 Å². The van der Waals surface area contributed by atoms with E-state index in [1.54, 1.807) is 18.5 Å². The molecule has 0 radical (unpaired) electrons. The third-order valence-corrected chi connectivity index (χ3v) is 5.15. The molecule has 6 nitrogen and oxygen atoms in total. The van der Waals surface area contributed by atoms with E-state index in [4.69, 9.17) is 4.74 Å². The second-order valence-corrected chi connectivity index (χ2v) is 6.70. The summed E-state index contributed by atoms with van der Waals surface area (Å²) < 4.78 is 5.94. The number of aromatic nitrogens is 2. The van der Waals surface area contributed by atoms with Crippen LogP contribution in [-0.2, 0) is 4.74 Å². The summed E-state index contributed by atoms with van der Waals surface area (Å²) in [6, 6.07) is 3.64. The van der Waals surface area contributed by atoms with E-state index in [0.717, 1.165) is 37.2 Å². The third-order valence-electron chi connectivity index (χ3n) is 5.15. The number of fused-ring (bicyclic) bond motifs is 1. The zero-order valence-corrected chi connectivity index (χ0v) is 13.1. The van der Waals surface area contributed by atoms with Crippen molar-refractivity contribution in [2.75, 3.05) is 26.2 Å². The molecular weight excluding hydrogens is 292 g/mol. The zero-order valence-electron chi connectivity index (χ0n) is 13.1. The van der Waals surface area contributed by atoms with Crippen LogP contribution in [0.25, 0.3) is 11.0 Å². The highest BCUT2D eigenvalue weighted by Gasteiger charge is 2.40. The molecule has 0 aliphatic carbocycles. The first-order valence-electron chi connectivity index (χ1n) is 8.28. The Balaban J connectivity index is 1.38. The monoisotopic (exact) mass is 314 g/mol. The molecule has 2 saturated heterocycles. The van der Waals surface area contributed by atoms with Gasteiger partial charge in [0.2, 0.25) is 0 Å². The van der Waals surface area contributed by atoms with Crippen LogP contribution in [0.5, 0.6) is 0 Å². The van der Waals surface area contributed by atoms with Gasteiger partial charge in [0, 0.05) is 24.3 Å². The minimum absolute atomic E-state index is 0.0631. The molecular formula is C17H22N4O2. The normalized spacial score (nSPS) is 23.4. The highest BCUT2D eigenvalue weighted by molar-refractivity contribution is 6.05. The lowest BCUT2D eigenvalue weighted by Gasteiger charge is -2.32. The molecule has 2 aliphatic rings. The van der Waals surface area contributed by atoms with Gasteiger partial charge in [0.15, 0.2) is 0 Å². The molecule has 2 aliphatic heterocycles. The molecule has 4 heterocycles. The van der Waals surface area contributed by atoms with Gasteiger partial charge in [0.1, 0.15) is 5.65 Å². The van der Waals surface area contributed by atoms with Crippen molar-refractivity contribution in [3.05, 3.63) is 30.1 Å². The standard InChI is InChI=1S/C17H22N4O2/c22-16(14-2-6-20-15-13(14)1-5-19-15)21-10-12-9-17(11-23-12)3-7-18-8-4-17/h1-2,5-6,12,18H,3-4,7-11H2,(H,19,20)(H,21,22). The van der Waals surface area contributed by atoms with E-state index in [0.29, 0.717) is 17.5 Å². The molecule has 1 unspecified atom stereocenters. The molecule has 1 amide bonds. The Labute approximate surface area is 135 Å². The summed E-state index contributed by atoms with van der Waals surface area (Å²) in [7, 11) is 0. The molecule has 0 aromatic carbocycles. The van der Waals surface area contributed by atoms with Crippen LogP contribution >= 0.6 is 0 Å². The quantitative estimate of drug-likeness (QED) is 0.801. The van der Waals surface area contributed by atoms with Gasteiger partial charge in [-0.3, -0.25) is 4.79 Å². The highest BCUT2D eigenvalue weighted by atomic mass is 16.5. The molecule has 4 rings (SSSR count). The average Bonchev–Trinajstić information content (AvgIpc) is 3.20. The second-order valence-electron chi connectivity index (χ2n) is 6.70. The second kappa shape index (κ2) is 5.94. The largest absolute Gasteiger partial charge is 0.376 e. The van der Waals surface area contributed by atoms with E-state index >= 15 is 0 Å². The number of nitrogens with zero attached hydrogens (tertiary/aromatic N) is 1. The SMILES string of the molecule is O=C(NCC1CC2(CCNCC2)CO1)c1ccnc2[nH]ccc12. The highest BCUT2D eigenvalue weighted by Crippen LogP contribution is 2.40. The van der Waals surface area contributed by atoms with Gasteiger partial charge in [-0.15, -0.1) is 0 Å². The fourth-order valence-electron chi connectivity index (χ4n) is 3.79. The Hall–Kier alpha value is -1.92. The predicted octanol–water partition coefficient (Wildman–Crippen LogP) is 1.45. The third kappa shape index (κ3) is 2.84. The van der Waals surface area contributed by atoms with Gasteiger partial charge in [-0.1, -0.05) is 0 Å². The molecule has 1 spiro atoms. The fraction of sp³-hybridized carbons (Fsp3) is 0.529. The Bertz CT molecular complexity index is 705. The van der Waals surface area contributed by atoms with Crippen molar-refractivity contribution in [2.45, 2.75) is 25.4 Å². The lowest BCUT2D eigenvalue weighted by Crippen LogP contribution is -2.38. The molecule has 1 atom stereocenters. The number of pyridine rings is 1. The molecule has 2 aromatic rings. The summed E-state index contributed by atoms with van der Waals surface area (Å²) in [4.78, 5) is 19.7. The summed E-state index contributed by atoms with van der Waals surface area (Å²) in [5.41, 5.74) is 1.72. The first-order valence-corrected chi connectivity index (χ1v) is 8.28. The van der Waals surface area contributed by atoms with Crippen LogP contribution in [0.1, 0.15) is 29.6 Å². The fourth-order valence-corrected chi connectivity index (χ4v) is 3.79. The van der Waals surface area contributed by atoms with Crippen LogP contribution < -0.4 is 10.6 Å². The molecule has 0 saturated carbocycles. The first kappa shape index (κ1) is 14.7. The summed E-state index contributed by atoms with van der Waals surface area (Å²) in [5.74, 6) is -0.0631. The van der Waals surface area contributed by atoms with Crippen molar-refractivity contribution in [3.63, 3.8) is 0 Å². The number of carbonyl (C=O) groups is 1. The van der Waals surface area contributed by atoms with Crippen molar-refractivity contribution >= 4 is 16.9 Å². The van der Waals surface area contributed by atoms with Crippen LogP contribution in [0.3, 0.4) is 0 Å². The van der Waals surface area contributed by atoms with Crippen LogP contribution in [0.2, 0.25) is 0 Å². The number of hydrogen-bond donors (Lipinski definition) is 3. The summed E-state index contributed by atoms with van der Waals surface area (Å²) >= 11 is 0. The van der Waals surface area contributed by atoms with Crippen molar-refractivity contribution in [1.29, 1.82) is 0 Å². The smallest absolute Gasteiger partial charge is 0.252 e. The lowest BCUT2D eigenvalue weighted by atomic mass is 9.77. The van der Waals surface area contributed by atoms with Crippen LogP contribution in [0.15, 0.2) is 24.5 Å². The number of H-pyrrole nitrogens is 1. The van der Waals surface area contributed by atoms with E-state index in [-0.39, 0.29) is 12.0 Å². The van der Waals surface area contributed by atoms with Gasteiger partial charge in [-0.05, 0) is 49.9 Å². The van der Waals surface area contributed by atoms with E-state index in [1.807, 2.05) is 6.07 Å². The molecule has 3 N–H and O–H groups in total. The Morgan fingerprint density at radius 3 is 3.13 bits per heavy atom. The number of nitrogens with one attached hydrogen (secondary N) is 3. The number of carbonyl (C=O) groups excluding carboxylic acids is 1. The number of piperidine rings is 1. The van der Waals surface area contributed by atoms with Gasteiger partial charge < -0.3 is 20.4 Å². The summed E-state index contributed by atoms with van der Waals surface area (Å²) in [6.07, 6.45) is 6.97. The molecule has 122 valence electrons. The molecule has 6 heteroatoms. The summed E-state index contributed by atoms with van der Waals surface area (Å²) in [6.45, 7) is 3.55. The van der Waals surface area contributed by atoms with E-state index in [9.17, 15) is 4.79 Å². The van der Waals surface area contributed by atoms with Crippen LogP contribution in [0, 0.1) is 5.41 Å². The maximum Gasteiger partial charge on any atom is 0.252 e.